The van der Waals surface area contributed by atoms with Crippen molar-refractivity contribution in [2.45, 2.75) is 6.54 Å². The Morgan fingerprint density at radius 2 is 2.12 bits per heavy atom. The highest BCUT2D eigenvalue weighted by Crippen LogP contribution is 2.14. The van der Waals surface area contributed by atoms with Gasteiger partial charge in [-0.25, -0.2) is 4.68 Å². The van der Waals surface area contributed by atoms with Crippen LogP contribution in [0.5, 0.6) is 0 Å². The summed E-state index contributed by atoms with van der Waals surface area (Å²) in [6.45, 7) is 3.34. The number of carbonyl (C=O) groups is 2. The molecule has 9 heteroatoms. The molecular weight excluding hydrogens is 354 g/mol. The first-order chi connectivity index (χ1) is 12.6. The number of likely N-dealkylation sites (N-methyl/N-ethyl adjacent to an activating group) is 1. The number of thiophene rings is 1. The fourth-order valence-corrected chi connectivity index (χ4v) is 3.43. The summed E-state index contributed by atoms with van der Waals surface area (Å²) in [5.74, 6) is 0.498. The van der Waals surface area contributed by atoms with Crippen molar-refractivity contribution in [2.24, 2.45) is 0 Å². The van der Waals surface area contributed by atoms with Crippen molar-refractivity contribution in [2.75, 3.05) is 51.8 Å². The number of aromatic nitrogens is 2. The molecule has 0 radical (unpaired) electrons. The van der Waals surface area contributed by atoms with Crippen LogP contribution in [0.2, 0.25) is 0 Å². The first-order valence-corrected chi connectivity index (χ1v) is 9.38. The van der Waals surface area contributed by atoms with E-state index < -0.39 is 0 Å². The second kappa shape index (κ2) is 8.93. The molecule has 0 bridgehead atoms. The summed E-state index contributed by atoms with van der Waals surface area (Å²) in [7, 11) is 1.76. The monoisotopic (exact) mass is 377 g/mol. The Morgan fingerprint density at radius 3 is 2.85 bits per heavy atom. The second-order valence-corrected chi connectivity index (χ2v) is 7.20. The van der Waals surface area contributed by atoms with Gasteiger partial charge in [0.05, 0.1) is 39.0 Å². The van der Waals surface area contributed by atoms with Crippen LogP contribution in [0.4, 0.5) is 5.82 Å². The van der Waals surface area contributed by atoms with Gasteiger partial charge in [-0.2, -0.15) is 5.10 Å². The lowest BCUT2D eigenvalue weighted by Gasteiger charge is -2.28. The molecule has 1 aliphatic heterocycles. The summed E-state index contributed by atoms with van der Waals surface area (Å²) in [6, 6.07) is 5.79. The van der Waals surface area contributed by atoms with Gasteiger partial charge in [-0.15, -0.1) is 11.3 Å². The van der Waals surface area contributed by atoms with Crippen molar-refractivity contribution in [1.82, 2.24) is 19.6 Å². The summed E-state index contributed by atoms with van der Waals surface area (Å²) in [6.07, 6.45) is 1.66. The van der Waals surface area contributed by atoms with Gasteiger partial charge in [-0.1, -0.05) is 6.07 Å². The number of amides is 2. The quantitative estimate of drug-likeness (QED) is 0.769. The van der Waals surface area contributed by atoms with Crippen LogP contribution in [-0.4, -0.2) is 77.8 Å². The third kappa shape index (κ3) is 5.13. The largest absolute Gasteiger partial charge is 0.378 e. The number of ether oxygens (including phenoxy) is 1. The van der Waals surface area contributed by atoms with E-state index in [-0.39, 0.29) is 24.9 Å². The maximum Gasteiger partial charge on any atom is 0.239 e. The predicted octanol–water partition coefficient (Wildman–Crippen LogP) is 0.722. The molecular formula is C17H23N5O3S. The van der Waals surface area contributed by atoms with E-state index in [0.29, 0.717) is 38.7 Å². The van der Waals surface area contributed by atoms with Crippen LogP contribution >= 0.6 is 11.3 Å². The molecule has 26 heavy (non-hydrogen) atoms. The molecule has 1 aliphatic rings. The Labute approximate surface area is 156 Å². The minimum absolute atomic E-state index is 0.0198. The number of carbonyl (C=O) groups excluding carboxylic acids is 2. The van der Waals surface area contributed by atoms with E-state index in [1.807, 2.05) is 17.5 Å². The molecule has 2 aromatic heterocycles. The fourth-order valence-electron chi connectivity index (χ4n) is 2.74. The van der Waals surface area contributed by atoms with E-state index in [9.17, 15) is 9.59 Å². The zero-order valence-corrected chi connectivity index (χ0v) is 15.6. The highest BCUT2D eigenvalue weighted by atomic mass is 32.1. The predicted molar refractivity (Wildman–Crippen MR) is 99.2 cm³/mol. The Kier molecular flexibility index (Phi) is 6.37. The molecule has 0 saturated carbocycles. The molecule has 1 fully saturated rings. The molecule has 0 unspecified atom stereocenters. The van der Waals surface area contributed by atoms with Gasteiger partial charge in [0.1, 0.15) is 5.82 Å². The molecule has 3 heterocycles. The van der Waals surface area contributed by atoms with Crippen molar-refractivity contribution < 1.29 is 14.3 Å². The van der Waals surface area contributed by atoms with Gasteiger partial charge in [-0.3, -0.25) is 14.5 Å². The average molecular weight is 377 g/mol. The van der Waals surface area contributed by atoms with Crippen molar-refractivity contribution in [1.29, 1.82) is 0 Å². The lowest BCUT2D eigenvalue weighted by atomic mass is 10.3. The lowest BCUT2D eigenvalue weighted by Crippen LogP contribution is -2.46. The standard InChI is InChI=1S/C17H23N5O3S/c1-20(13-17(24)21-6-8-25-9-7-21)12-16(23)19-15-4-5-18-22(15)11-14-3-2-10-26-14/h2-5,10H,6-9,11-13H2,1H3,(H,19,23). The van der Waals surface area contributed by atoms with Crippen molar-refractivity contribution >= 4 is 29.0 Å². The SMILES string of the molecule is CN(CC(=O)Nc1ccnn1Cc1cccs1)CC(=O)N1CCOCC1. The molecule has 1 saturated heterocycles. The number of hydrogen-bond donors (Lipinski definition) is 1. The second-order valence-electron chi connectivity index (χ2n) is 6.17. The van der Waals surface area contributed by atoms with Crippen LogP contribution < -0.4 is 5.32 Å². The third-order valence-electron chi connectivity index (χ3n) is 4.05. The van der Waals surface area contributed by atoms with Gasteiger partial charge in [0.25, 0.3) is 0 Å². The van der Waals surface area contributed by atoms with Crippen LogP contribution in [0.25, 0.3) is 0 Å². The molecule has 8 nitrogen and oxygen atoms in total. The summed E-state index contributed by atoms with van der Waals surface area (Å²) in [4.78, 5) is 29.2. The zero-order chi connectivity index (χ0) is 18.4. The molecule has 0 spiro atoms. The number of morpholine rings is 1. The van der Waals surface area contributed by atoms with Gasteiger partial charge in [0.2, 0.25) is 11.8 Å². The molecule has 2 amide bonds. The highest BCUT2D eigenvalue weighted by molar-refractivity contribution is 7.09. The molecule has 2 aromatic rings. The number of anilines is 1. The average Bonchev–Trinajstić information content (AvgIpc) is 3.28. The van der Waals surface area contributed by atoms with Crippen LogP contribution in [0.1, 0.15) is 4.88 Å². The van der Waals surface area contributed by atoms with Gasteiger partial charge in [0.15, 0.2) is 0 Å². The normalized spacial score (nSPS) is 14.6. The number of rotatable bonds is 7. The van der Waals surface area contributed by atoms with Gasteiger partial charge in [-0.05, 0) is 18.5 Å². The van der Waals surface area contributed by atoms with Gasteiger partial charge >= 0.3 is 0 Å². The molecule has 0 aliphatic carbocycles. The van der Waals surface area contributed by atoms with Crippen LogP contribution in [0, 0.1) is 0 Å². The lowest BCUT2D eigenvalue weighted by molar-refractivity contribution is -0.136. The number of nitrogens with zero attached hydrogens (tertiary/aromatic N) is 4. The van der Waals surface area contributed by atoms with Crippen molar-refractivity contribution in [3.8, 4) is 0 Å². The van der Waals surface area contributed by atoms with E-state index in [0.717, 1.165) is 4.88 Å². The Hall–Kier alpha value is -2.23. The summed E-state index contributed by atoms with van der Waals surface area (Å²) >= 11 is 1.65. The Morgan fingerprint density at radius 1 is 1.31 bits per heavy atom. The smallest absolute Gasteiger partial charge is 0.239 e. The van der Waals surface area contributed by atoms with E-state index in [1.165, 1.54) is 0 Å². The molecule has 3 rings (SSSR count). The summed E-state index contributed by atoms with van der Waals surface area (Å²) < 4.78 is 7.00. The molecule has 0 atom stereocenters. The van der Waals surface area contributed by atoms with Gasteiger partial charge in [0, 0.05) is 24.0 Å². The number of nitrogens with one attached hydrogen (secondary N) is 1. The summed E-state index contributed by atoms with van der Waals surface area (Å²) in [5.41, 5.74) is 0. The topological polar surface area (TPSA) is 79.7 Å². The van der Waals surface area contributed by atoms with Crippen molar-refractivity contribution in [3.05, 3.63) is 34.7 Å². The van der Waals surface area contributed by atoms with Crippen LogP contribution in [0.15, 0.2) is 29.8 Å². The van der Waals surface area contributed by atoms with E-state index in [4.69, 9.17) is 4.74 Å². The highest BCUT2D eigenvalue weighted by Gasteiger charge is 2.19. The van der Waals surface area contributed by atoms with E-state index in [2.05, 4.69) is 10.4 Å². The Balaban J connectivity index is 1.48. The van der Waals surface area contributed by atoms with Crippen molar-refractivity contribution in [3.63, 3.8) is 0 Å². The minimum atomic E-state index is -0.171. The maximum atomic E-state index is 12.3. The van der Waals surface area contributed by atoms with E-state index in [1.54, 1.807) is 45.1 Å². The third-order valence-corrected chi connectivity index (χ3v) is 4.91. The maximum absolute atomic E-state index is 12.3. The molecule has 1 N–H and O–H groups in total. The first-order valence-electron chi connectivity index (χ1n) is 8.50. The van der Waals surface area contributed by atoms with Gasteiger partial charge < -0.3 is 15.0 Å². The summed E-state index contributed by atoms with van der Waals surface area (Å²) in [5, 5.41) is 9.13. The fraction of sp³-hybridized carbons (Fsp3) is 0.471. The van der Waals surface area contributed by atoms with Crippen LogP contribution in [0.3, 0.4) is 0 Å². The minimum Gasteiger partial charge on any atom is -0.378 e. The van der Waals surface area contributed by atoms with E-state index >= 15 is 0 Å². The Bertz CT molecular complexity index is 725. The molecule has 0 aromatic carbocycles. The van der Waals surface area contributed by atoms with Crippen LogP contribution in [-0.2, 0) is 20.9 Å². The zero-order valence-electron chi connectivity index (χ0n) is 14.8. The first kappa shape index (κ1) is 18.6. The number of hydrogen-bond acceptors (Lipinski definition) is 6. The molecule has 140 valence electrons.